The van der Waals surface area contributed by atoms with E-state index in [1.165, 1.54) is 12.1 Å². The molecule has 1 N–H and O–H groups in total. The topological polar surface area (TPSA) is 71.4 Å². The first kappa shape index (κ1) is 15.2. The summed E-state index contributed by atoms with van der Waals surface area (Å²) in [6.07, 6.45) is 0.493. The van der Waals surface area contributed by atoms with E-state index in [9.17, 15) is 13.2 Å². The average molecular weight is 335 g/mol. The first-order valence-electron chi connectivity index (χ1n) is 5.53. The summed E-state index contributed by atoms with van der Waals surface area (Å²) in [6, 6.07) is 6.00. The van der Waals surface area contributed by atoms with Gasteiger partial charge in [0, 0.05) is 4.47 Å². The van der Waals surface area contributed by atoms with E-state index in [0.29, 0.717) is 6.42 Å². The maximum atomic E-state index is 12.3. The fraction of sp³-hybridized carbons (Fsp3) is 0.417. The highest BCUT2D eigenvalue weighted by Crippen LogP contribution is 2.25. The number of halogens is 1. The summed E-state index contributed by atoms with van der Waals surface area (Å²) in [6.45, 7) is 3.41. The lowest BCUT2D eigenvalue weighted by molar-refractivity contribution is -0.137. The molecule has 0 aliphatic heterocycles. The molecule has 2 unspecified atom stereocenters. The van der Waals surface area contributed by atoms with Crippen LogP contribution in [0.3, 0.4) is 0 Å². The monoisotopic (exact) mass is 334 g/mol. The van der Waals surface area contributed by atoms with E-state index in [2.05, 4.69) is 15.9 Å². The summed E-state index contributed by atoms with van der Waals surface area (Å²) in [7, 11) is -3.85. The van der Waals surface area contributed by atoms with Gasteiger partial charge in [0.25, 0.3) is 0 Å². The first-order chi connectivity index (χ1) is 8.30. The SMILES string of the molecule is CCC(C)C(C(=O)O)S(=O)(=O)c1ccc(Br)cc1. The highest BCUT2D eigenvalue weighted by Gasteiger charge is 2.37. The number of carbonyl (C=O) groups is 1. The van der Waals surface area contributed by atoms with E-state index in [1.807, 2.05) is 0 Å². The van der Waals surface area contributed by atoms with Crippen molar-refractivity contribution in [2.75, 3.05) is 0 Å². The Morgan fingerprint density at radius 3 is 2.22 bits per heavy atom. The number of aliphatic carboxylic acids is 1. The Balaban J connectivity index is 3.25. The largest absolute Gasteiger partial charge is 0.480 e. The number of hydrogen-bond donors (Lipinski definition) is 1. The zero-order chi connectivity index (χ0) is 13.9. The van der Waals surface area contributed by atoms with Gasteiger partial charge in [0.2, 0.25) is 0 Å². The Bertz CT molecular complexity index is 522. The second-order valence-electron chi connectivity index (χ2n) is 4.14. The molecule has 0 saturated carbocycles. The van der Waals surface area contributed by atoms with Gasteiger partial charge in [-0.15, -0.1) is 0 Å². The third-order valence-corrected chi connectivity index (χ3v) is 5.67. The Morgan fingerprint density at radius 1 is 1.33 bits per heavy atom. The molecule has 0 spiro atoms. The molecule has 0 aliphatic rings. The van der Waals surface area contributed by atoms with Gasteiger partial charge in [0.05, 0.1) is 4.90 Å². The second kappa shape index (κ2) is 5.84. The smallest absolute Gasteiger partial charge is 0.322 e. The van der Waals surface area contributed by atoms with Crippen LogP contribution >= 0.6 is 15.9 Å². The van der Waals surface area contributed by atoms with Crippen molar-refractivity contribution < 1.29 is 18.3 Å². The van der Waals surface area contributed by atoms with Crippen LogP contribution in [0.2, 0.25) is 0 Å². The van der Waals surface area contributed by atoms with Gasteiger partial charge < -0.3 is 5.11 Å². The van der Waals surface area contributed by atoms with Crippen molar-refractivity contribution in [1.29, 1.82) is 0 Å². The van der Waals surface area contributed by atoms with Crippen LogP contribution in [0, 0.1) is 5.92 Å². The average Bonchev–Trinajstić information content (AvgIpc) is 2.28. The maximum absolute atomic E-state index is 12.3. The summed E-state index contributed by atoms with van der Waals surface area (Å²) in [4.78, 5) is 11.2. The van der Waals surface area contributed by atoms with E-state index in [-0.39, 0.29) is 4.90 Å². The fourth-order valence-electron chi connectivity index (χ4n) is 1.67. The van der Waals surface area contributed by atoms with Crippen LogP contribution in [0.4, 0.5) is 0 Å². The molecule has 0 aliphatic carbocycles. The number of carboxylic acid groups (broad SMARTS) is 1. The fourth-order valence-corrected chi connectivity index (χ4v) is 3.81. The van der Waals surface area contributed by atoms with Gasteiger partial charge in [-0.05, 0) is 30.2 Å². The molecule has 4 nitrogen and oxygen atoms in total. The maximum Gasteiger partial charge on any atom is 0.322 e. The zero-order valence-corrected chi connectivity index (χ0v) is 12.5. The molecule has 0 saturated heterocycles. The van der Waals surface area contributed by atoms with Crippen LogP contribution in [0.15, 0.2) is 33.6 Å². The molecule has 6 heteroatoms. The third kappa shape index (κ3) is 3.11. The summed E-state index contributed by atoms with van der Waals surface area (Å²) in [5.74, 6) is -1.73. The van der Waals surface area contributed by atoms with Crippen molar-refractivity contribution in [2.45, 2.75) is 30.4 Å². The van der Waals surface area contributed by atoms with Crippen molar-refractivity contribution >= 4 is 31.7 Å². The normalized spacial score (nSPS) is 15.1. The number of carboxylic acids is 1. The number of hydrogen-bond acceptors (Lipinski definition) is 3. The standard InChI is InChI=1S/C12H15BrO4S/c1-3-8(2)11(12(14)15)18(16,17)10-6-4-9(13)5-7-10/h4-8,11H,3H2,1-2H3,(H,14,15). The molecule has 1 aromatic carbocycles. The van der Waals surface area contributed by atoms with Crippen LogP contribution < -0.4 is 0 Å². The van der Waals surface area contributed by atoms with Crippen LogP contribution in [0.1, 0.15) is 20.3 Å². The van der Waals surface area contributed by atoms with Gasteiger partial charge in [0.1, 0.15) is 0 Å². The van der Waals surface area contributed by atoms with Crippen molar-refractivity contribution in [2.24, 2.45) is 5.92 Å². The lowest BCUT2D eigenvalue weighted by Crippen LogP contribution is -2.36. The molecule has 0 aromatic heterocycles. The highest BCUT2D eigenvalue weighted by molar-refractivity contribution is 9.10. The predicted octanol–water partition coefficient (Wildman–Crippen LogP) is 2.72. The molecule has 1 rings (SSSR count). The molecule has 1 aromatic rings. The molecule has 18 heavy (non-hydrogen) atoms. The van der Waals surface area contributed by atoms with Gasteiger partial charge in [-0.3, -0.25) is 4.79 Å². The Morgan fingerprint density at radius 2 is 1.83 bits per heavy atom. The molecule has 0 radical (unpaired) electrons. The van der Waals surface area contributed by atoms with E-state index in [4.69, 9.17) is 5.11 Å². The van der Waals surface area contributed by atoms with Gasteiger partial charge in [-0.1, -0.05) is 36.2 Å². The van der Waals surface area contributed by atoms with Crippen LogP contribution in [-0.2, 0) is 14.6 Å². The lowest BCUT2D eigenvalue weighted by atomic mass is 10.1. The van der Waals surface area contributed by atoms with Gasteiger partial charge in [0.15, 0.2) is 15.1 Å². The number of rotatable bonds is 5. The Hall–Kier alpha value is -0.880. The van der Waals surface area contributed by atoms with E-state index in [0.717, 1.165) is 4.47 Å². The molecule has 0 bridgehead atoms. The number of sulfone groups is 1. The van der Waals surface area contributed by atoms with Crippen molar-refractivity contribution in [3.63, 3.8) is 0 Å². The molecule has 0 amide bonds. The van der Waals surface area contributed by atoms with Gasteiger partial charge in [-0.25, -0.2) is 8.42 Å². The quantitative estimate of drug-likeness (QED) is 0.898. The summed E-state index contributed by atoms with van der Waals surface area (Å²) >= 11 is 3.21. The van der Waals surface area contributed by atoms with Crippen LogP contribution in [0.25, 0.3) is 0 Å². The minimum absolute atomic E-state index is 0.0402. The summed E-state index contributed by atoms with van der Waals surface area (Å²) in [5.41, 5.74) is 0. The zero-order valence-electron chi connectivity index (χ0n) is 10.1. The van der Waals surface area contributed by atoms with Crippen molar-refractivity contribution in [3.05, 3.63) is 28.7 Å². The van der Waals surface area contributed by atoms with E-state index in [1.54, 1.807) is 26.0 Å². The van der Waals surface area contributed by atoms with Crippen LogP contribution in [-0.4, -0.2) is 24.7 Å². The Kier molecular flexibility index (Phi) is 4.92. The van der Waals surface area contributed by atoms with Gasteiger partial charge >= 0.3 is 5.97 Å². The summed E-state index contributed by atoms with van der Waals surface area (Å²) < 4.78 is 25.3. The molecular formula is C12H15BrO4S. The predicted molar refractivity (Wildman–Crippen MR) is 72.2 cm³/mol. The van der Waals surface area contributed by atoms with Crippen molar-refractivity contribution in [3.8, 4) is 0 Å². The van der Waals surface area contributed by atoms with Crippen molar-refractivity contribution in [1.82, 2.24) is 0 Å². The molecule has 0 heterocycles. The first-order valence-corrected chi connectivity index (χ1v) is 7.87. The highest BCUT2D eigenvalue weighted by atomic mass is 79.9. The number of benzene rings is 1. The lowest BCUT2D eigenvalue weighted by Gasteiger charge is -2.19. The van der Waals surface area contributed by atoms with E-state index < -0.39 is 27.0 Å². The minimum Gasteiger partial charge on any atom is -0.480 e. The minimum atomic E-state index is -3.85. The van der Waals surface area contributed by atoms with Gasteiger partial charge in [-0.2, -0.15) is 0 Å². The third-order valence-electron chi connectivity index (χ3n) is 2.88. The molecule has 0 fully saturated rings. The molecular weight excluding hydrogens is 320 g/mol. The van der Waals surface area contributed by atoms with E-state index >= 15 is 0 Å². The summed E-state index contributed by atoms with van der Waals surface area (Å²) in [5, 5.41) is 7.74. The Labute approximate surface area is 115 Å². The van der Waals surface area contributed by atoms with Crippen LogP contribution in [0.5, 0.6) is 0 Å². The molecule has 100 valence electrons. The second-order valence-corrected chi connectivity index (χ2v) is 7.13. The molecule has 2 atom stereocenters.